The number of hydrogen-bond acceptors (Lipinski definition) is 8. The summed E-state index contributed by atoms with van der Waals surface area (Å²) in [5, 5.41) is 4.91. The Morgan fingerprint density at radius 2 is 1.78 bits per heavy atom. The Bertz CT molecular complexity index is 1170. The number of rotatable bonds is 5. The number of fused-ring (bicyclic) bond motifs is 1. The van der Waals surface area contributed by atoms with Gasteiger partial charge in [-0.3, -0.25) is 4.90 Å². The van der Waals surface area contributed by atoms with E-state index in [-0.39, 0.29) is 6.03 Å². The summed E-state index contributed by atoms with van der Waals surface area (Å²) in [6.45, 7) is 5.65. The van der Waals surface area contributed by atoms with Crippen molar-refractivity contribution in [3.63, 3.8) is 0 Å². The summed E-state index contributed by atoms with van der Waals surface area (Å²) in [6, 6.07) is 5.70. The maximum absolute atomic E-state index is 12.9. The van der Waals surface area contributed by atoms with Crippen molar-refractivity contribution in [2.45, 2.75) is 13.5 Å². The highest BCUT2D eigenvalue weighted by Gasteiger charge is 2.42. The van der Waals surface area contributed by atoms with E-state index in [4.69, 9.17) is 21.1 Å². The number of carbonyl (C=O) groups is 2. The minimum absolute atomic E-state index is 0.0495. The van der Waals surface area contributed by atoms with Gasteiger partial charge in [0.25, 0.3) is 0 Å². The molecule has 2 atom stereocenters. The molecule has 0 aliphatic carbocycles. The van der Waals surface area contributed by atoms with Crippen LogP contribution in [0.1, 0.15) is 12.5 Å². The van der Waals surface area contributed by atoms with Crippen LogP contribution in [0.5, 0.6) is 11.5 Å². The molecule has 0 spiro atoms. The Morgan fingerprint density at radius 3 is 2.36 bits per heavy atom. The van der Waals surface area contributed by atoms with Gasteiger partial charge >= 0.3 is 6.03 Å². The van der Waals surface area contributed by atoms with E-state index in [1.165, 1.54) is 17.9 Å². The van der Waals surface area contributed by atoms with Crippen LogP contribution in [-0.2, 0) is 11.3 Å². The van der Waals surface area contributed by atoms with Crippen molar-refractivity contribution in [3.05, 3.63) is 59.9 Å². The first-order chi connectivity index (χ1) is 17.4. The van der Waals surface area contributed by atoms with Gasteiger partial charge in [-0.05, 0) is 36.5 Å². The molecule has 190 valence electrons. The van der Waals surface area contributed by atoms with Crippen molar-refractivity contribution < 1.29 is 14.3 Å². The van der Waals surface area contributed by atoms with Gasteiger partial charge in [0.2, 0.25) is 0 Å². The largest absolute Gasteiger partial charge is 0.454 e. The average molecular weight is 512 g/mol. The summed E-state index contributed by atoms with van der Waals surface area (Å²) < 4.78 is 7.20. The lowest BCUT2D eigenvalue weighted by Gasteiger charge is -2.22. The number of likely N-dealkylation sites (tertiary alicyclic amines) is 2. The molecule has 10 nitrogen and oxygen atoms in total. The smallest absolute Gasteiger partial charge is 0.344 e. The number of hydrogen-bond donors (Lipinski definition) is 0. The molecule has 1 aromatic carbocycles. The highest BCUT2D eigenvalue weighted by atomic mass is 35.5. The fourth-order valence-electron chi connectivity index (χ4n) is 4.60. The summed E-state index contributed by atoms with van der Waals surface area (Å²) in [5.74, 6) is 2.16. The molecule has 1 amide bonds. The molecule has 2 unspecified atom stereocenters. The molecule has 36 heavy (non-hydrogen) atoms. The number of anilines is 1. The quantitative estimate of drug-likeness (QED) is 0.481. The molecule has 5 rings (SSSR count). The Labute approximate surface area is 215 Å². The van der Waals surface area contributed by atoms with Gasteiger partial charge < -0.3 is 19.3 Å². The number of aromatic nitrogens is 4. The molecule has 2 aromatic heterocycles. The Morgan fingerprint density at radius 1 is 1.11 bits per heavy atom. The van der Waals surface area contributed by atoms with Gasteiger partial charge in [-0.15, -0.1) is 0 Å². The highest BCUT2D eigenvalue weighted by Crippen LogP contribution is 2.34. The van der Waals surface area contributed by atoms with Crippen LogP contribution >= 0.6 is 11.6 Å². The summed E-state index contributed by atoms with van der Waals surface area (Å²) in [5.41, 5.74) is 1.98. The van der Waals surface area contributed by atoms with E-state index in [0.29, 0.717) is 28.4 Å². The van der Waals surface area contributed by atoms with E-state index in [0.717, 1.165) is 50.3 Å². The normalized spacial score (nSPS) is 18.8. The maximum atomic E-state index is 12.9. The van der Waals surface area contributed by atoms with Crippen LogP contribution in [0.3, 0.4) is 0 Å². The lowest BCUT2D eigenvalue weighted by atomic mass is 10.0. The lowest BCUT2D eigenvalue weighted by molar-refractivity contribution is -0.106. The van der Waals surface area contributed by atoms with Gasteiger partial charge in [-0.25, -0.2) is 14.8 Å². The van der Waals surface area contributed by atoms with E-state index < -0.39 is 0 Å². The van der Waals surface area contributed by atoms with Crippen molar-refractivity contribution in [2.24, 2.45) is 11.8 Å². The molecule has 2 fully saturated rings. The highest BCUT2D eigenvalue weighted by molar-refractivity contribution is 6.31. The molecule has 0 radical (unpaired) electrons. The van der Waals surface area contributed by atoms with Crippen molar-refractivity contribution in [2.75, 3.05) is 45.2 Å². The molecule has 2 aliphatic heterocycles. The van der Waals surface area contributed by atoms with Crippen molar-refractivity contribution in [3.8, 4) is 11.5 Å². The standard InChI is InChI=1S/C23H26ClN7O2.C2H4O/c1-28(2)19-6-27-31(14-19)23(32)30-12-17-10-29(11-18(17)13-30)9-16-3-4-20(5-22(16)24)33-21-7-25-15-26-8-21;1-2-3/h3-8,14-15,17-18H,9-13H2,1-2H3;2H,1H3. The fourth-order valence-corrected chi connectivity index (χ4v) is 4.83. The number of carbonyl (C=O) groups excluding carboxylic acids is 2. The number of nitrogens with zero attached hydrogens (tertiary/aromatic N) is 7. The molecule has 2 saturated heterocycles. The molecule has 0 N–H and O–H groups in total. The van der Waals surface area contributed by atoms with Crippen molar-refractivity contribution >= 4 is 29.6 Å². The molecule has 0 bridgehead atoms. The molecular weight excluding hydrogens is 482 g/mol. The number of amides is 1. The summed E-state index contributed by atoms with van der Waals surface area (Å²) in [4.78, 5) is 35.8. The van der Waals surface area contributed by atoms with Crippen molar-refractivity contribution in [1.82, 2.24) is 29.5 Å². The maximum Gasteiger partial charge on any atom is 0.344 e. The average Bonchev–Trinajstić information content (AvgIpc) is 3.57. The molecular formula is C25H30ClN7O3. The van der Waals surface area contributed by atoms with Gasteiger partial charge in [0.15, 0.2) is 5.75 Å². The Hall–Kier alpha value is -3.50. The molecule has 11 heteroatoms. The third kappa shape index (κ3) is 6.00. The second-order valence-electron chi connectivity index (χ2n) is 9.10. The number of benzene rings is 1. The predicted octanol–water partition coefficient (Wildman–Crippen LogP) is 3.42. The SMILES string of the molecule is CC=O.CN(C)c1cnn(C(=O)N2CC3CN(Cc4ccc(Oc5cncnc5)cc4Cl)CC3C2)c1. The zero-order valence-electron chi connectivity index (χ0n) is 20.6. The molecule has 4 heterocycles. The monoisotopic (exact) mass is 511 g/mol. The van der Waals surface area contributed by atoms with Crippen LogP contribution in [-0.4, -0.2) is 82.1 Å². The number of halogens is 1. The fraction of sp³-hybridized carbons (Fsp3) is 0.400. The van der Waals surface area contributed by atoms with E-state index >= 15 is 0 Å². The second-order valence-corrected chi connectivity index (χ2v) is 9.51. The van der Waals surface area contributed by atoms with Crippen LogP contribution in [0.25, 0.3) is 0 Å². The first-order valence-corrected chi connectivity index (χ1v) is 12.1. The van der Waals surface area contributed by atoms with Crippen LogP contribution in [0.4, 0.5) is 10.5 Å². The minimum Gasteiger partial charge on any atom is -0.454 e. The van der Waals surface area contributed by atoms with Gasteiger partial charge in [0.05, 0.1) is 30.5 Å². The zero-order chi connectivity index (χ0) is 25.7. The Kier molecular flexibility index (Phi) is 8.17. The van der Waals surface area contributed by atoms with Gasteiger partial charge in [-0.1, -0.05) is 17.7 Å². The van der Waals surface area contributed by atoms with Gasteiger partial charge in [0.1, 0.15) is 18.4 Å². The van der Waals surface area contributed by atoms with Crippen LogP contribution in [0.15, 0.2) is 49.3 Å². The predicted molar refractivity (Wildman–Crippen MR) is 136 cm³/mol. The minimum atomic E-state index is -0.0495. The summed E-state index contributed by atoms with van der Waals surface area (Å²) in [7, 11) is 3.87. The third-order valence-corrected chi connectivity index (χ3v) is 6.66. The number of ether oxygens (including phenoxy) is 1. The Balaban J connectivity index is 0.000000967. The van der Waals surface area contributed by atoms with Crippen LogP contribution in [0.2, 0.25) is 5.02 Å². The van der Waals surface area contributed by atoms with Gasteiger partial charge in [-0.2, -0.15) is 9.78 Å². The third-order valence-electron chi connectivity index (χ3n) is 6.30. The summed E-state index contributed by atoms with van der Waals surface area (Å²) >= 11 is 6.55. The van der Waals surface area contributed by atoms with E-state index in [1.54, 1.807) is 24.8 Å². The molecule has 0 saturated carbocycles. The second kappa shape index (κ2) is 11.5. The van der Waals surface area contributed by atoms with Gasteiger partial charge in [0, 0.05) is 51.8 Å². The lowest BCUT2D eigenvalue weighted by Crippen LogP contribution is -2.36. The van der Waals surface area contributed by atoms with E-state index in [9.17, 15) is 4.79 Å². The van der Waals surface area contributed by atoms with Crippen molar-refractivity contribution in [1.29, 1.82) is 0 Å². The molecule has 3 aromatic rings. The summed E-state index contributed by atoms with van der Waals surface area (Å²) in [6.07, 6.45) is 8.92. The topological polar surface area (TPSA) is 96.7 Å². The first-order valence-electron chi connectivity index (χ1n) is 11.7. The zero-order valence-corrected chi connectivity index (χ0v) is 21.4. The van der Waals surface area contributed by atoms with E-state index in [1.807, 2.05) is 42.1 Å². The van der Waals surface area contributed by atoms with E-state index in [2.05, 4.69) is 20.0 Å². The van der Waals surface area contributed by atoms with Crippen LogP contribution in [0, 0.1) is 11.8 Å². The first kappa shape index (κ1) is 25.6. The molecule has 2 aliphatic rings. The van der Waals surface area contributed by atoms with Crippen LogP contribution < -0.4 is 9.64 Å². The number of aldehydes is 1.